The van der Waals surface area contributed by atoms with Gasteiger partial charge in [-0.2, -0.15) is 8.42 Å². The fraction of sp³-hybridized carbons (Fsp3) is 1.00. The molecule has 6 nitrogen and oxygen atoms in total. The topological polar surface area (TPSA) is 95.9 Å². The molecular formula is C28H51NO5S. The van der Waals surface area contributed by atoms with E-state index < -0.39 is 16.5 Å². The van der Waals surface area contributed by atoms with Crippen LogP contribution >= 0.6 is 0 Å². The van der Waals surface area contributed by atoms with Gasteiger partial charge in [-0.3, -0.25) is 4.55 Å². The summed E-state index contributed by atoms with van der Waals surface area (Å²) in [5, 5.41) is 15.0. The lowest BCUT2D eigenvalue weighted by molar-refractivity contribution is -0.166. The molecule has 204 valence electrons. The Hall–Kier alpha value is -0.210. The second-order valence-corrected chi connectivity index (χ2v) is 14.7. The highest BCUT2D eigenvalue weighted by atomic mass is 32.3. The van der Waals surface area contributed by atoms with Crippen molar-refractivity contribution in [2.24, 2.45) is 52.3 Å². The lowest BCUT2D eigenvalue weighted by Crippen LogP contribution is -2.59. The molecule has 0 radical (unpaired) electrons. The van der Waals surface area contributed by atoms with Gasteiger partial charge in [0, 0.05) is 6.04 Å². The number of aliphatic hydroxyl groups excluding tert-OH is 1. The van der Waals surface area contributed by atoms with E-state index in [0.29, 0.717) is 53.4 Å². The molecule has 4 aliphatic rings. The molecule has 0 bridgehead atoms. The first kappa shape index (κ1) is 27.8. The number of hydrogen-bond acceptors (Lipinski definition) is 5. The molecule has 4 saturated carbocycles. The first-order chi connectivity index (χ1) is 16.3. The number of fused-ring (bicyclic) bond motifs is 5. The number of aliphatic hydroxyl groups is 1. The summed E-state index contributed by atoms with van der Waals surface area (Å²) in [4.78, 5) is 0. The summed E-state index contributed by atoms with van der Waals surface area (Å²) in [5.41, 5.74) is 0.601. The van der Waals surface area contributed by atoms with Crippen LogP contribution in [0.25, 0.3) is 0 Å². The Bertz CT molecular complexity index is 848. The molecular weight excluding hydrogens is 462 g/mol. The van der Waals surface area contributed by atoms with E-state index in [2.05, 4.69) is 33.1 Å². The third kappa shape index (κ3) is 5.23. The number of rotatable bonds is 8. The van der Waals surface area contributed by atoms with Gasteiger partial charge >= 0.3 is 10.4 Å². The van der Waals surface area contributed by atoms with Gasteiger partial charge in [-0.25, -0.2) is 4.18 Å². The molecule has 4 rings (SSSR count). The molecule has 0 heterocycles. The molecule has 0 aliphatic heterocycles. The minimum atomic E-state index is -4.44. The highest BCUT2D eigenvalue weighted by Crippen LogP contribution is 2.68. The fourth-order valence-corrected chi connectivity index (χ4v) is 10.4. The number of hydrogen-bond donors (Lipinski definition) is 3. The molecule has 4 aliphatic carbocycles. The van der Waals surface area contributed by atoms with Gasteiger partial charge in [-0.15, -0.1) is 0 Å². The molecule has 0 aromatic carbocycles. The smallest absolute Gasteiger partial charge is 0.393 e. The second-order valence-electron chi connectivity index (χ2n) is 13.6. The molecule has 3 N–H and O–H groups in total. The van der Waals surface area contributed by atoms with E-state index in [0.717, 1.165) is 12.8 Å². The Balaban J connectivity index is 1.46. The zero-order chi connectivity index (χ0) is 25.8. The highest BCUT2D eigenvalue weighted by molar-refractivity contribution is 7.80. The summed E-state index contributed by atoms with van der Waals surface area (Å²) >= 11 is 0. The van der Waals surface area contributed by atoms with E-state index in [1.54, 1.807) is 0 Å². The Morgan fingerprint density at radius 2 is 1.63 bits per heavy atom. The van der Waals surface area contributed by atoms with Crippen molar-refractivity contribution in [3.05, 3.63) is 0 Å². The second kappa shape index (κ2) is 10.2. The van der Waals surface area contributed by atoms with Gasteiger partial charge in [-0.05, 0) is 124 Å². The van der Waals surface area contributed by atoms with Crippen molar-refractivity contribution in [1.29, 1.82) is 0 Å². The standard InChI is InChI=1S/C28H51NO5S/c1-17(2)25(34-35(31,32)33)10-7-18(3)21-8-9-22-26-23(12-14-28(21,22)5)27(4)13-11-20(29-6)15-19(27)16-24(26)30/h17-26,29-30H,7-16H2,1-6H3,(H,31,32,33)/t18-,19-,20?,21-,22?,23?,24-,25-,26?,27+,28-/m1/s1. The molecule has 35 heavy (non-hydrogen) atoms. The van der Waals surface area contributed by atoms with Crippen LogP contribution < -0.4 is 5.32 Å². The lowest BCUT2D eigenvalue weighted by atomic mass is 9.43. The molecule has 4 fully saturated rings. The summed E-state index contributed by atoms with van der Waals surface area (Å²) in [6.07, 6.45) is 10.5. The Morgan fingerprint density at radius 3 is 2.26 bits per heavy atom. The largest absolute Gasteiger partial charge is 0.397 e. The van der Waals surface area contributed by atoms with Crippen molar-refractivity contribution in [1.82, 2.24) is 5.32 Å². The molecule has 4 unspecified atom stereocenters. The Kier molecular flexibility index (Phi) is 8.08. The molecule has 0 spiro atoms. The van der Waals surface area contributed by atoms with E-state index >= 15 is 0 Å². The fourth-order valence-electron chi connectivity index (χ4n) is 9.74. The van der Waals surface area contributed by atoms with Crippen LogP contribution in [0.5, 0.6) is 0 Å². The quantitative estimate of drug-likeness (QED) is 0.373. The van der Waals surface area contributed by atoms with Gasteiger partial charge in [0.1, 0.15) is 0 Å². The monoisotopic (exact) mass is 513 g/mol. The SMILES string of the molecule is CNC1CC[C@]2(C)C3CC[C@@]4(C)C(CC[C@@H]4[C@H](C)CC[C@@H](OS(=O)(=O)O)C(C)C)C3[C@H](O)C[C@H]2C1. The maximum atomic E-state index is 11.5. The third-order valence-electron chi connectivity index (χ3n) is 11.7. The van der Waals surface area contributed by atoms with Crippen molar-refractivity contribution < 1.29 is 22.3 Å². The van der Waals surface area contributed by atoms with Gasteiger partial charge in [0.15, 0.2) is 0 Å². The predicted molar refractivity (Wildman–Crippen MR) is 139 cm³/mol. The van der Waals surface area contributed by atoms with Crippen LogP contribution in [0, 0.1) is 52.3 Å². The van der Waals surface area contributed by atoms with Crippen molar-refractivity contribution >= 4 is 10.4 Å². The first-order valence-electron chi connectivity index (χ1n) is 14.3. The van der Waals surface area contributed by atoms with E-state index in [9.17, 15) is 18.1 Å². The van der Waals surface area contributed by atoms with Crippen LogP contribution in [0.15, 0.2) is 0 Å². The van der Waals surface area contributed by atoms with Crippen LogP contribution in [-0.2, 0) is 14.6 Å². The minimum Gasteiger partial charge on any atom is -0.393 e. The van der Waals surface area contributed by atoms with Gasteiger partial charge in [0.05, 0.1) is 12.2 Å². The van der Waals surface area contributed by atoms with Crippen LogP contribution in [0.2, 0.25) is 0 Å². The molecule has 0 aromatic heterocycles. The van der Waals surface area contributed by atoms with Crippen LogP contribution in [0.1, 0.15) is 98.8 Å². The lowest BCUT2D eigenvalue weighted by Gasteiger charge is -2.62. The normalized spacial score (nSPS) is 45.5. The summed E-state index contributed by atoms with van der Waals surface area (Å²) in [5.74, 6) is 3.34. The average molecular weight is 514 g/mol. The number of nitrogens with one attached hydrogen (secondary N) is 1. The summed E-state index contributed by atoms with van der Waals surface area (Å²) in [6, 6.07) is 0.599. The van der Waals surface area contributed by atoms with Crippen LogP contribution in [-0.4, -0.2) is 43.4 Å². The highest BCUT2D eigenvalue weighted by Gasteiger charge is 2.62. The molecule has 0 aromatic rings. The Morgan fingerprint density at radius 1 is 0.971 bits per heavy atom. The van der Waals surface area contributed by atoms with Gasteiger partial charge in [-0.1, -0.05) is 34.6 Å². The zero-order valence-electron chi connectivity index (χ0n) is 22.9. The van der Waals surface area contributed by atoms with E-state index in [4.69, 9.17) is 4.18 Å². The zero-order valence-corrected chi connectivity index (χ0v) is 23.7. The first-order valence-corrected chi connectivity index (χ1v) is 15.7. The summed E-state index contributed by atoms with van der Waals surface area (Å²) in [6.45, 7) is 11.2. The molecule has 11 atom stereocenters. The maximum Gasteiger partial charge on any atom is 0.397 e. The van der Waals surface area contributed by atoms with E-state index in [1.807, 2.05) is 13.8 Å². The molecule has 7 heteroatoms. The average Bonchev–Trinajstić information content (AvgIpc) is 3.13. The van der Waals surface area contributed by atoms with Crippen molar-refractivity contribution in [2.45, 2.75) is 117 Å². The van der Waals surface area contributed by atoms with Crippen molar-refractivity contribution in [2.75, 3.05) is 7.05 Å². The van der Waals surface area contributed by atoms with Gasteiger partial charge in [0.25, 0.3) is 0 Å². The van der Waals surface area contributed by atoms with E-state index in [1.165, 1.54) is 44.9 Å². The van der Waals surface area contributed by atoms with E-state index in [-0.39, 0.29) is 17.4 Å². The van der Waals surface area contributed by atoms with Gasteiger partial charge < -0.3 is 10.4 Å². The van der Waals surface area contributed by atoms with Crippen LogP contribution in [0.4, 0.5) is 0 Å². The third-order valence-corrected chi connectivity index (χ3v) is 12.2. The summed E-state index contributed by atoms with van der Waals surface area (Å²) in [7, 11) is -2.36. The van der Waals surface area contributed by atoms with Gasteiger partial charge in [0.2, 0.25) is 0 Å². The van der Waals surface area contributed by atoms with Crippen LogP contribution in [0.3, 0.4) is 0 Å². The maximum absolute atomic E-state index is 11.5. The minimum absolute atomic E-state index is 0.0237. The molecule has 0 amide bonds. The Labute approximate surface area is 214 Å². The summed E-state index contributed by atoms with van der Waals surface area (Å²) < 4.78 is 36.8. The van der Waals surface area contributed by atoms with Crippen molar-refractivity contribution in [3.8, 4) is 0 Å². The predicted octanol–water partition coefficient (Wildman–Crippen LogP) is 5.46. The van der Waals surface area contributed by atoms with Crippen molar-refractivity contribution in [3.63, 3.8) is 0 Å². The molecule has 0 saturated heterocycles.